The van der Waals surface area contributed by atoms with Crippen LogP contribution < -0.4 is 31.9 Å². The van der Waals surface area contributed by atoms with Crippen molar-refractivity contribution in [3.05, 3.63) is 30.6 Å². The summed E-state index contributed by atoms with van der Waals surface area (Å²) in [5.74, 6) is 0. The molecular weight excluding hydrogens is 590 g/mol. The predicted molar refractivity (Wildman–Crippen MR) is 159 cm³/mol. The molecule has 0 aromatic rings. The Morgan fingerprint density at radius 3 is 0.659 bits per heavy atom. The van der Waals surface area contributed by atoms with Gasteiger partial charge in [-0.3, -0.25) is 0 Å². The third kappa shape index (κ3) is 23.9. The van der Waals surface area contributed by atoms with Crippen LogP contribution in [0.1, 0.15) is 55.4 Å². The molecule has 2 bridgehead atoms. The monoisotopic (exact) mass is 644 g/mol. The Kier molecular flexibility index (Phi) is 21.4. The summed E-state index contributed by atoms with van der Waals surface area (Å²) in [6, 6.07) is 0. The van der Waals surface area contributed by atoms with Gasteiger partial charge in [-0.05, 0) is 16.2 Å². The fourth-order valence-electron chi connectivity index (χ4n) is 4.78. The van der Waals surface area contributed by atoms with Gasteiger partial charge >= 0.3 is 19.5 Å². The van der Waals surface area contributed by atoms with Crippen LogP contribution in [0.5, 0.6) is 0 Å². The Morgan fingerprint density at radius 1 is 0.415 bits per heavy atom. The summed E-state index contributed by atoms with van der Waals surface area (Å²) in [6.45, 7) is 31.3. The molecule has 0 aromatic carbocycles. The quantitative estimate of drug-likeness (QED) is 0.119. The van der Waals surface area contributed by atoms with Crippen LogP contribution in [0.15, 0.2) is 0 Å². The Labute approximate surface area is 258 Å². The number of nitrogens with one attached hydrogen (secondary N) is 6. The molecule has 16 heteroatoms. The number of hydrogen-bond donors (Lipinski definition) is 6. The smallest absolute Gasteiger partial charge is 0.412 e. The van der Waals surface area contributed by atoms with E-state index >= 15 is 0 Å². The first kappa shape index (κ1) is 44.2. The van der Waals surface area contributed by atoms with Crippen molar-refractivity contribution in [1.82, 2.24) is 31.9 Å². The maximum Gasteiger partial charge on any atom is 2.00 e. The van der Waals surface area contributed by atoms with Gasteiger partial charge in [0.15, 0.2) is 0 Å². The molecule has 0 aliphatic carbocycles. The zero-order valence-electron chi connectivity index (χ0n) is 26.5. The van der Waals surface area contributed by atoms with Gasteiger partial charge in [0, 0.05) is 89.4 Å². The van der Waals surface area contributed by atoms with Crippen LogP contribution >= 0.6 is 0 Å². The summed E-state index contributed by atoms with van der Waals surface area (Å²) in [5.41, 5.74) is 1.01. The topological polar surface area (TPSA) is 236 Å². The molecule has 3 rings (SSSR count). The molecule has 8 N–H and O–H groups in total. The van der Waals surface area contributed by atoms with E-state index in [1.54, 1.807) is 0 Å². The molecule has 3 fully saturated rings. The molecule has 0 saturated carbocycles. The van der Waals surface area contributed by atoms with Crippen LogP contribution in [0.25, 0.3) is 0 Å². The first-order valence-electron chi connectivity index (χ1n) is 13.6. The van der Waals surface area contributed by atoms with Gasteiger partial charge in [-0.15, -0.1) is 0 Å². The number of hydrogen-bond acceptors (Lipinski definition) is 12. The van der Waals surface area contributed by atoms with Crippen LogP contribution in [0.3, 0.4) is 0 Å². The summed E-state index contributed by atoms with van der Waals surface area (Å²) >= 11 is 0. The van der Waals surface area contributed by atoms with Crippen molar-refractivity contribution in [2.24, 2.45) is 27.1 Å². The first-order valence-corrected chi connectivity index (χ1v) is 13.6. The van der Waals surface area contributed by atoms with Crippen molar-refractivity contribution in [2.75, 3.05) is 78.5 Å². The fraction of sp³-hybridized carbons (Fsp3) is 1.00. The SMILES string of the molecule is CC1(C)CNCC2(C)CNCC(C)(C)CNCC(C)(CNC1)CNCC(C)(C)CNC2.O.O=[N+]([O-])[O-].O=[N+]([O-])[O-].[Zn+2]. The molecule has 0 amide bonds. The molecular formula is C25H56N8O7Zn. The zero-order chi connectivity index (χ0) is 30.4. The molecule has 41 heavy (non-hydrogen) atoms. The van der Waals surface area contributed by atoms with E-state index < -0.39 is 10.2 Å². The normalized spacial score (nSPS) is 28.7. The fourth-order valence-corrected chi connectivity index (χ4v) is 4.78. The van der Waals surface area contributed by atoms with Gasteiger partial charge in [0.2, 0.25) is 0 Å². The number of rotatable bonds is 0. The van der Waals surface area contributed by atoms with Crippen molar-refractivity contribution < 1.29 is 35.1 Å². The summed E-state index contributed by atoms with van der Waals surface area (Å²) in [6.07, 6.45) is 0. The van der Waals surface area contributed by atoms with Crippen molar-refractivity contribution in [3.8, 4) is 0 Å². The third-order valence-electron chi connectivity index (χ3n) is 6.93. The number of nitrogens with zero attached hydrogens (tertiary/aromatic N) is 2. The Bertz CT molecular complexity index is 611. The minimum absolute atomic E-state index is 0. The zero-order valence-corrected chi connectivity index (χ0v) is 29.5. The standard InChI is InChI=1S/C25H54N6.2NO3.H2O.Zn/c1-21(2)9-26-15-24(7)17-28-11-22(3,4)12-29-18-25(8,16-27-10-21)20-31-14-23(5,6)13-30-19-24;2*2-1(3)4;;/h26-31H,9-20H2,1-8H3;;;1H2;/q;2*-1;;+2. The molecule has 0 unspecified atom stereocenters. The van der Waals surface area contributed by atoms with E-state index in [2.05, 4.69) is 87.3 Å². The van der Waals surface area contributed by atoms with Gasteiger partial charge in [0.05, 0.1) is 10.2 Å². The van der Waals surface area contributed by atoms with Crippen molar-refractivity contribution >= 4 is 0 Å². The second-order valence-corrected chi connectivity index (χ2v) is 14.2. The van der Waals surface area contributed by atoms with E-state index in [-0.39, 0.29) is 52.0 Å². The van der Waals surface area contributed by atoms with Crippen LogP contribution in [-0.4, -0.2) is 94.2 Å². The largest absolute Gasteiger partial charge is 2.00 e. The van der Waals surface area contributed by atoms with Crippen molar-refractivity contribution in [2.45, 2.75) is 55.4 Å². The summed E-state index contributed by atoms with van der Waals surface area (Å²) in [7, 11) is 0. The van der Waals surface area contributed by atoms with Gasteiger partial charge in [0.25, 0.3) is 0 Å². The van der Waals surface area contributed by atoms with E-state index in [1.165, 1.54) is 0 Å². The van der Waals surface area contributed by atoms with E-state index in [9.17, 15) is 0 Å². The molecule has 3 aliphatic rings. The molecule has 240 valence electrons. The average molecular weight is 646 g/mol. The molecule has 15 nitrogen and oxygen atoms in total. The maximum absolute atomic E-state index is 8.25. The van der Waals surface area contributed by atoms with Gasteiger partial charge < -0.3 is 68.0 Å². The van der Waals surface area contributed by atoms with Crippen LogP contribution in [0.2, 0.25) is 0 Å². The van der Waals surface area contributed by atoms with Gasteiger partial charge in [-0.2, -0.15) is 0 Å². The second kappa shape index (κ2) is 19.8. The predicted octanol–water partition coefficient (Wildman–Crippen LogP) is 0.337. The van der Waals surface area contributed by atoms with E-state index in [0.717, 1.165) is 78.5 Å². The molecule has 0 spiro atoms. The van der Waals surface area contributed by atoms with Crippen LogP contribution in [0, 0.1) is 57.7 Å². The third-order valence-corrected chi connectivity index (χ3v) is 6.93. The van der Waals surface area contributed by atoms with Gasteiger partial charge in [0.1, 0.15) is 0 Å². The van der Waals surface area contributed by atoms with E-state index in [4.69, 9.17) is 30.6 Å². The van der Waals surface area contributed by atoms with Crippen molar-refractivity contribution in [3.63, 3.8) is 0 Å². The molecule has 3 aliphatic heterocycles. The van der Waals surface area contributed by atoms with Crippen molar-refractivity contribution in [1.29, 1.82) is 0 Å². The maximum atomic E-state index is 8.25. The van der Waals surface area contributed by atoms with E-state index in [1.807, 2.05) is 0 Å². The second-order valence-electron chi connectivity index (χ2n) is 14.2. The molecule has 3 heterocycles. The molecule has 0 atom stereocenters. The van der Waals surface area contributed by atoms with Gasteiger partial charge in [-0.25, -0.2) is 0 Å². The van der Waals surface area contributed by atoms with E-state index in [0.29, 0.717) is 0 Å². The molecule has 3 saturated heterocycles. The summed E-state index contributed by atoms with van der Waals surface area (Å²) in [4.78, 5) is 16.5. The Balaban J connectivity index is -0.00000128. The Hall–Kier alpha value is -1.26. The number of fused-ring (bicyclic) bond motifs is 18. The summed E-state index contributed by atoms with van der Waals surface area (Å²) in [5, 5.41) is 52.4. The Morgan fingerprint density at radius 2 is 0.537 bits per heavy atom. The minimum atomic E-state index is -1.75. The van der Waals surface area contributed by atoms with Gasteiger partial charge in [-0.1, -0.05) is 55.4 Å². The summed E-state index contributed by atoms with van der Waals surface area (Å²) < 4.78 is 0. The average Bonchev–Trinajstić information content (AvgIpc) is 2.70. The molecule has 0 radical (unpaired) electrons. The minimum Gasteiger partial charge on any atom is -0.412 e. The van der Waals surface area contributed by atoms with Crippen LogP contribution in [0.4, 0.5) is 0 Å². The first-order chi connectivity index (χ1) is 17.7. The van der Waals surface area contributed by atoms with Crippen LogP contribution in [-0.2, 0) is 19.5 Å². The molecule has 0 aromatic heterocycles.